The van der Waals surface area contributed by atoms with Crippen LogP contribution in [0.25, 0.3) is 11.3 Å². The molecule has 0 radical (unpaired) electrons. The summed E-state index contributed by atoms with van der Waals surface area (Å²) in [6.07, 6.45) is -0.156. The minimum absolute atomic E-state index is 0.0317. The number of halogens is 5. The predicted molar refractivity (Wildman–Crippen MR) is 121 cm³/mol. The number of nitrogens with zero attached hydrogens (tertiary/aromatic N) is 5. The molecule has 0 saturated carbocycles. The van der Waals surface area contributed by atoms with Gasteiger partial charge in [0.05, 0.1) is 17.8 Å². The number of aromatic nitrogens is 4. The molecule has 36 heavy (non-hydrogen) atoms. The van der Waals surface area contributed by atoms with E-state index < -0.39 is 29.0 Å². The first-order chi connectivity index (χ1) is 17.0. The predicted octanol–water partition coefficient (Wildman–Crippen LogP) is 4.66. The van der Waals surface area contributed by atoms with Gasteiger partial charge in [0.25, 0.3) is 0 Å². The van der Waals surface area contributed by atoms with Gasteiger partial charge < -0.3 is 5.11 Å². The van der Waals surface area contributed by atoms with Crippen LogP contribution in [0, 0.1) is 11.6 Å². The van der Waals surface area contributed by atoms with E-state index in [-0.39, 0.29) is 18.7 Å². The van der Waals surface area contributed by atoms with Crippen LogP contribution in [-0.4, -0.2) is 43.3 Å². The third-order valence-electron chi connectivity index (χ3n) is 5.64. The molecule has 4 rings (SSSR count). The van der Waals surface area contributed by atoms with E-state index in [1.54, 1.807) is 30.3 Å². The maximum atomic E-state index is 14.6. The summed E-state index contributed by atoms with van der Waals surface area (Å²) in [7, 11) is 1.72. The second-order valence-electron chi connectivity index (χ2n) is 8.55. The van der Waals surface area contributed by atoms with Crippen molar-refractivity contribution in [3.63, 3.8) is 0 Å². The molecule has 6 nitrogen and oxygen atoms in total. The molecule has 0 saturated heterocycles. The molecule has 0 amide bonds. The van der Waals surface area contributed by atoms with Gasteiger partial charge in [-0.2, -0.15) is 18.3 Å². The summed E-state index contributed by atoms with van der Waals surface area (Å²) in [5, 5.41) is 15.4. The molecule has 0 aliphatic rings. The molecule has 188 valence electrons. The Morgan fingerprint density at radius 2 is 1.75 bits per heavy atom. The zero-order chi connectivity index (χ0) is 25.9. The SMILES string of the molecule is CN(Cc1ccc(-c2ccc(C(F)(F)F)cc2)nc1)CC(O)(Cn1cncn1)c1ccc(F)cc1F. The van der Waals surface area contributed by atoms with Gasteiger partial charge in [0.2, 0.25) is 0 Å². The lowest BCUT2D eigenvalue weighted by molar-refractivity contribution is -0.137. The molecule has 11 heteroatoms. The number of aliphatic hydroxyl groups is 1. The van der Waals surface area contributed by atoms with Gasteiger partial charge in [0, 0.05) is 36.5 Å². The highest BCUT2D eigenvalue weighted by Gasteiger charge is 2.35. The van der Waals surface area contributed by atoms with E-state index in [2.05, 4.69) is 15.1 Å². The molecule has 2 aromatic heterocycles. The summed E-state index contributed by atoms with van der Waals surface area (Å²) in [5.74, 6) is -1.64. The van der Waals surface area contributed by atoms with Crippen molar-refractivity contribution in [2.75, 3.05) is 13.6 Å². The lowest BCUT2D eigenvalue weighted by Crippen LogP contribution is -2.43. The van der Waals surface area contributed by atoms with Gasteiger partial charge in [-0.05, 0) is 36.9 Å². The maximum absolute atomic E-state index is 14.6. The highest BCUT2D eigenvalue weighted by Crippen LogP contribution is 2.31. The first kappa shape index (κ1) is 25.4. The van der Waals surface area contributed by atoms with E-state index in [9.17, 15) is 27.1 Å². The van der Waals surface area contributed by atoms with Gasteiger partial charge in [0.15, 0.2) is 0 Å². The van der Waals surface area contributed by atoms with Gasteiger partial charge in [-0.1, -0.05) is 24.3 Å². The van der Waals surface area contributed by atoms with Gasteiger partial charge in [-0.25, -0.2) is 18.4 Å². The number of benzene rings is 2. The Morgan fingerprint density at radius 1 is 1.00 bits per heavy atom. The summed E-state index contributed by atoms with van der Waals surface area (Å²) in [5.41, 5.74) is -0.769. The van der Waals surface area contributed by atoms with Gasteiger partial charge in [-0.3, -0.25) is 9.88 Å². The Hall–Kier alpha value is -3.70. The Labute approximate surface area is 203 Å². The molecule has 0 spiro atoms. The van der Waals surface area contributed by atoms with Crippen LogP contribution < -0.4 is 0 Å². The van der Waals surface area contributed by atoms with Crippen LogP contribution in [0.5, 0.6) is 0 Å². The molecule has 0 aliphatic heterocycles. The lowest BCUT2D eigenvalue weighted by atomic mass is 9.92. The molecule has 0 aliphatic carbocycles. The van der Waals surface area contributed by atoms with E-state index in [0.29, 0.717) is 23.9 Å². The highest BCUT2D eigenvalue weighted by molar-refractivity contribution is 5.59. The molecule has 1 unspecified atom stereocenters. The Morgan fingerprint density at radius 3 is 2.33 bits per heavy atom. The number of rotatable bonds is 8. The van der Waals surface area contributed by atoms with Crippen molar-refractivity contribution in [1.82, 2.24) is 24.6 Å². The van der Waals surface area contributed by atoms with E-state index >= 15 is 0 Å². The average Bonchev–Trinajstić information content (AvgIpc) is 3.31. The van der Waals surface area contributed by atoms with E-state index in [4.69, 9.17) is 0 Å². The largest absolute Gasteiger partial charge is 0.416 e. The van der Waals surface area contributed by atoms with Gasteiger partial charge in [0.1, 0.15) is 29.9 Å². The number of hydrogen-bond acceptors (Lipinski definition) is 5. The van der Waals surface area contributed by atoms with E-state index in [0.717, 1.165) is 23.8 Å². The summed E-state index contributed by atoms with van der Waals surface area (Å²) in [6, 6.07) is 11.2. The molecule has 1 N–H and O–H groups in total. The number of pyridine rings is 1. The smallest absolute Gasteiger partial charge is 0.382 e. The first-order valence-corrected chi connectivity index (χ1v) is 10.8. The third kappa shape index (κ3) is 5.92. The molecule has 2 heterocycles. The maximum Gasteiger partial charge on any atom is 0.416 e. The van der Waals surface area contributed by atoms with Crippen molar-refractivity contribution in [3.05, 3.63) is 102 Å². The molecule has 2 aromatic carbocycles. The zero-order valence-corrected chi connectivity index (χ0v) is 19.1. The average molecular weight is 503 g/mol. The summed E-state index contributed by atoms with van der Waals surface area (Å²) in [6.45, 7) is 0.170. The number of likely N-dealkylation sites (N-methyl/N-ethyl adjacent to an activating group) is 1. The fraction of sp³-hybridized carbons (Fsp3) is 0.240. The molecule has 0 fully saturated rings. The number of hydrogen-bond donors (Lipinski definition) is 1. The van der Waals surface area contributed by atoms with Crippen LogP contribution >= 0.6 is 0 Å². The lowest BCUT2D eigenvalue weighted by Gasteiger charge is -2.33. The topological polar surface area (TPSA) is 67.1 Å². The fourth-order valence-electron chi connectivity index (χ4n) is 4.00. The Bertz CT molecular complexity index is 1290. The fourth-order valence-corrected chi connectivity index (χ4v) is 4.00. The molecule has 0 bridgehead atoms. The normalized spacial score (nSPS) is 13.7. The van der Waals surface area contributed by atoms with Crippen LogP contribution in [0.1, 0.15) is 16.7 Å². The van der Waals surface area contributed by atoms with Crippen LogP contribution in [-0.2, 0) is 24.9 Å². The number of alkyl halides is 3. The Balaban J connectivity index is 1.49. The summed E-state index contributed by atoms with van der Waals surface area (Å²) < 4.78 is 67.8. The van der Waals surface area contributed by atoms with Crippen molar-refractivity contribution in [2.24, 2.45) is 0 Å². The quantitative estimate of drug-likeness (QED) is 0.355. The van der Waals surface area contributed by atoms with Crippen LogP contribution in [0.2, 0.25) is 0 Å². The van der Waals surface area contributed by atoms with Crippen molar-refractivity contribution >= 4 is 0 Å². The second-order valence-corrected chi connectivity index (χ2v) is 8.55. The standard InChI is InChI=1S/C25H22F5N5O/c1-34(12-17-2-9-23(32-11-17)18-3-5-19(6-4-18)25(28,29)30)13-24(36,14-35-16-31-15-33-35)21-8-7-20(26)10-22(21)27/h2-11,15-16,36H,12-14H2,1H3. The monoisotopic (exact) mass is 503 g/mol. The second kappa shape index (κ2) is 10.1. The van der Waals surface area contributed by atoms with Crippen LogP contribution in [0.4, 0.5) is 22.0 Å². The molecule has 4 aromatic rings. The van der Waals surface area contributed by atoms with Gasteiger partial charge in [-0.15, -0.1) is 0 Å². The zero-order valence-electron chi connectivity index (χ0n) is 19.1. The van der Waals surface area contributed by atoms with Crippen molar-refractivity contribution in [3.8, 4) is 11.3 Å². The minimum Gasteiger partial charge on any atom is -0.382 e. The van der Waals surface area contributed by atoms with Crippen LogP contribution in [0.3, 0.4) is 0 Å². The van der Waals surface area contributed by atoms with Crippen molar-refractivity contribution in [2.45, 2.75) is 24.9 Å². The van der Waals surface area contributed by atoms with Crippen molar-refractivity contribution in [1.29, 1.82) is 0 Å². The summed E-state index contributed by atoms with van der Waals surface area (Å²) >= 11 is 0. The molecule has 1 atom stereocenters. The molecular weight excluding hydrogens is 481 g/mol. The minimum atomic E-state index is -4.41. The van der Waals surface area contributed by atoms with Crippen LogP contribution in [0.15, 0.2) is 73.4 Å². The first-order valence-electron chi connectivity index (χ1n) is 10.8. The highest BCUT2D eigenvalue weighted by atomic mass is 19.4. The summed E-state index contributed by atoms with van der Waals surface area (Å²) in [4.78, 5) is 9.93. The Kier molecular flexibility index (Phi) is 7.14. The van der Waals surface area contributed by atoms with Gasteiger partial charge >= 0.3 is 6.18 Å². The third-order valence-corrected chi connectivity index (χ3v) is 5.64. The van der Waals surface area contributed by atoms with E-state index in [1.165, 1.54) is 35.5 Å². The van der Waals surface area contributed by atoms with E-state index in [1.807, 2.05) is 0 Å². The van der Waals surface area contributed by atoms with Crippen molar-refractivity contribution < 1.29 is 27.1 Å². The molecular formula is C25H22F5N5O.